The van der Waals surface area contributed by atoms with E-state index in [1.807, 2.05) is 0 Å². The van der Waals surface area contributed by atoms with Crippen molar-refractivity contribution < 1.29 is 26.4 Å². The number of aromatic nitrogens is 1. The number of piperidine rings is 1. The molecule has 0 unspecified atom stereocenters. The molecule has 1 aliphatic rings. The summed E-state index contributed by atoms with van der Waals surface area (Å²) in [6.07, 6.45) is -2.78. The van der Waals surface area contributed by atoms with Crippen LogP contribution in [0.3, 0.4) is 0 Å². The lowest BCUT2D eigenvalue weighted by Gasteiger charge is -2.31. The molecule has 0 aliphatic carbocycles. The van der Waals surface area contributed by atoms with E-state index in [2.05, 4.69) is 10.3 Å². The van der Waals surface area contributed by atoms with Gasteiger partial charge in [-0.05, 0) is 36.6 Å². The van der Waals surface area contributed by atoms with Crippen molar-refractivity contribution in [1.82, 2.24) is 15.2 Å². The molecule has 2 aromatic rings. The number of likely N-dealkylation sites (tertiary alicyclic amines) is 1. The Morgan fingerprint density at radius 3 is 2.31 bits per heavy atom. The SMILES string of the molecule is O=C(NCc1ccc(C(F)(F)F)nc1)N1CCC(S(=O)(=O)c2ccccc2)CC1. The van der Waals surface area contributed by atoms with Crippen LogP contribution in [0.4, 0.5) is 18.0 Å². The summed E-state index contributed by atoms with van der Waals surface area (Å²) in [5.74, 6) is 0. The van der Waals surface area contributed by atoms with E-state index in [-0.39, 0.29) is 30.6 Å². The quantitative estimate of drug-likeness (QED) is 0.813. The fourth-order valence-corrected chi connectivity index (χ4v) is 4.91. The van der Waals surface area contributed by atoms with Crippen LogP contribution >= 0.6 is 0 Å². The maximum absolute atomic E-state index is 12.7. The van der Waals surface area contributed by atoms with Crippen molar-refractivity contribution in [1.29, 1.82) is 0 Å². The highest BCUT2D eigenvalue weighted by Crippen LogP contribution is 2.27. The number of amides is 2. The third-order valence-electron chi connectivity index (χ3n) is 4.80. The summed E-state index contributed by atoms with van der Waals surface area (Å²) in [5, 5.41) is 2.08. The van der Waals surface area contributed by atoms with Crippen molar-refractivity contribution in [3.05, 3.63) is 59.9 Å². The largest absolute Gasteiger partial charge is 0.433 e. The number of carbonyl (C=O) groups is 1. The van der Waals surface area contributed by atoms with Crippen LogP contribution in [0.15, 0.2) is 53.6 Å². The predicted octanol–water partition coefficient (Wildman–Crippen LogP) is 3.25. The average Bonchev–Trinajstić information content (AvgIpc) is 2.72. The highest BCUT2D eigenvalue weighted by Gasteiger charge is 2.33. The lowest BCUT2D eigenvalue weighted by Crippen LogP contribution is -2.46. The summed E-state index contributed by atoms with van der Waals surface area (Å²) in [5.41, 5.74) is -0.554. The first-order chi connectivity index (χ1) is 13.7. The number of halogens is 3. The summed E-state index contributed by atoms with van der Waals surface area (Å²) in [4.78, 5) is 17.4. The summed E-state index contributed by atoms with van der Waals surface area (Å²) < 4.78 is 62.9. The van der Waals surface area contributed by atoms with Crippen LogP contribution in [0.2, 0.25) is 0 Å². The van der Waals surface area contributed by atoms with Gasteiger partial charge in [0.25, 0.3) is 0 Å². The number of urea groups is 1. The fraction of sp³-hybridized carbons (Fsp3) is 0.368. The molecule has 29 heavy (non-hydrogen) atoms. The van der Waals surface area contributed by atoms with Gasteiger partial charge in [-0.15, -0.1) is 0 Å². The van der Waals surface area contributed by atoms with Crippen LogP contribution in [0.5, 0.6) is 0 Å². The molecule has 0 spiro atoms. The van der Waals surface area contributed by atoms with Gasteiger partial charge >= 0.3 is 12.2 Å². The molecule has 1 aromatic heterocycles. The third kappa shape index (κ3) is 5.06. The Hall–Kier alpha value is -2.62. The van der Waals surface area contributed by atoms with Crippen LogP contribution < -0.4 is 5.32 Å². The molecule has 0 saturated carbocycles. The van der Waals surface area contributed by atoms with Crippen LogP contribution in [-0.2, 0) is 22.6 Å². The van der Waals surface area contributed by atoms with Crippen molar-refractivity contribution in [3.8, 4) is 0 Å². The molecule has 1 fully saturated rings. The van der Waals surface area contributed by atoms with E-state index in [1.165, 1.54) is 11.0 Å². The van der Waals surface area contributed by atoms with Crippen molar-refractivity contribution in [2.75, 3.05) is 13.1 Å². The van der Waals surface area contributed by atoms with E-state index < -0.39 is 27.0 Å². The second-order valence-corrected chi connectivity index (χ2v) is 8.98. The first-order valence-corrected chi connectivity index (χ1v) is 10.6. The van der Waals surface area contributed by atoms with E-state index >= 15 is 0 Å². The molecule has 2 amide bonds. The highest BCUT2D eigenvalue weighted by atomic mass is 32.2. The molecule has 3 rings (SSSR count). The minimum absolute atomic E-state index is 0.0339. The van der Waals surface area contributed by atoms with E-state index in [1.54, 1.807) is 30.3 Å². The Labute approximate surface area is 166 Å². The first kappa shape index (κ1) is 21.1. The van der Waals surface area contributed by atoms with Crippen molar-refractivity contribution >= 4 is 15.9 Å². The van der Waals surface area contributed by atoms with Gasteiger partial charge in [0.15, 0.2) is 9.84 Å². The Morgan fingerprint density at radius 1 is 1.10 bits per heavy atom. The molecule has 10 heteroatoms. The van der Waals surface area contributed by atoms with Gasteiger partial charge in [-0.25, -0.2) is 13.2 Å². The summed E-state index contributed by atoms with van der Waals surface area (Å²) >= 11 is 0. The lowest BCUT2D eigenvalue weighted by atomic mass is 10.1. The molecule has 1 saturated heterocycles. The highest BCUT2D eigenvalue weighted by molar-refractivity contribution is 7.92. The van der Waals surface area contributed by atoms with Gasteiger partial charge in [-0.2, -0.15) is 13.2 Å². The van der Waals surface area contributed by atoms with Crippen LogP contribution in [0, 0.1) is 0 Å². The smallest absolute Gasteiger partial charge is 0.334 e. The van der Waals surface area contributed by atoms with Crippen LogP contribution in [0.25, 0.3) is 0 Å². The van der Waals surface area contributed by atoms with Gasteiger partial charge in [0.05, 0.1) is 10.1 Å². The van der Waals surface area contributed by atoms with Crippen LogP contribution in [-0.4, -0.2) is 42.7 Å². The fourth-order valence-electron chi connectivity index (χ4n) is 3.16. The number of pyridine rings is 1. The molecular weight excluding hydrogens is 407 g/mol. The molecular formula is C19H20F3N3O3S. The molecule has 6 nitrogen and oxygen atoms in total. The molecule has 1 aromatic carbocycles. The number of benzene rings is 1. The number of nitrogens with one attached hydrogen (secondary N) is 1. The standard InChI is InChI=1S/C19H20F3N3O3S/c20-19(21,22)17-7-6-14(12-23-17)13-24-18(26)25-10-8-16(9-11-25)29(27,28)15-4-2-1-3-5-15/h1-7,12,16H,8-11,13H2,(H,24,26). The molecule has 2 heterocycles. The molecule has 1 aliphatic heterocycles. The summed E-state index contributed by atoms with van der Waals surface area (Å²) in [7, 11) is -3.44. The van der Waals surface area contributed by atoms with Gasteiger partial charge in [-0.1, -0.05) is 24.3 Å². The summed E-state index contributed by atoms with van der Waals surface area (Å²) in [6, 6.07) is 9.95. The molecule has 0 radical (unpaired) electrons. The van der Waals surface area contributed by atoms with Gasteiger partial charge in [-0.3, -0.25) is 4.98 Å². The topological polar surface area (TPSA) is 79.4 Å². The number of sulfone groups is 1. The number of carbonyl (C=O) groups excluding carboxylic acids is 1. The summed E-state index contributed by atoms with van der Waals surface area (Å²) in [6.45, 7) is 0.605. The van der Waals surface area contributed by atoms with Gasteiger partial charge < -0.3 is 10.2 Å². The Morgan fingerprint density at radius 2 is 1.76 bits per heavy atom. The lowest BCUT2D eigenvalue weighted by molar-refractivity contribution is -0.141. The molecule has 1 N–H and O–H groups in total. The second kappa shape index (κ2) is 8.40. The monoisotopic (exact) mass is 427 g/mol. The normalized spacial score (nSPS) is 15.9. The average molecular weight is 427 g/mol. The Kier molecular flexibility index (Phi) is 6.11. The minimum atomic E-state index is -4.51. The number of rotatable bonds is 4. The predicted molar refractivity (Wildman–Crippen MR) is 99.7 cm³/mol. The van der Waals surface area contributed by atoms with Gasteiger partial charge in [0.2, 0.25) is 0 Å². The number of alkyl halides is 3. The Bertz CT molecular complexity index is 940. The first-order valence-electron chi connectivity index (χ1n) is 9.02. The van der Waals surface area contributed by atoms with E-state index in [0.29, 0.717) is 18.4 Å². The van der Waals surface area contributed by atoms with Crippen molar-refractivity contribution in [2.24, 2.45) is 0 Å². The van der Waals surface area contributed by atoms with Crippen LogP contribution in [0.1, 0.15) is 24.1 Å². The zero-order valence-electron chi connectivity index (χ0n) is 15.4. The number of nitrogens with zero attached hydrogens (tertiary/aromatic N) is 2. The molecule has 0 bridgehead atoms. The van der Waals surface area contributed by atoms with E-state index in [4.69, 9.17) is 0 Å². The van der Waals surface area contributed by atoms with Crippen molar-refractivity contribution in [3.63, 3.8) is 0 Å². The number of hydrogen-bond donors (Lipinski definition) is 1. The zero-order chi connectivity index (χ0) is 21.1. The zero-order valence-corrected chi connectivity index (χ0v) is 16.2. The van der Waals surface area contributed by atoms with Gasteiger partial charge in [0.1, 0.15) is 5.69 Å². The molecule has 156 valence electrons. The van der Waals surface area contributed by atoms with E-state index in [0.717, 1.165) is 12.3 Å². The van der Waals surface area contributed by atoms with E-state index in [9.17, 15) is 26.4 Å². The maximum Gasteiger partial charge on any atom is 0.433 e. The van der Waals surface area contributed by atoms with Crippen molar-refractivity contribution in [2.45, 2.75) is 35.7 Å². The third-order valence-corrected chi connectivity index (χ3v) is 7.08. The number of hydrogen-bond acceptors (Lipinski definition) is 4. The minimum Gasteiger partial charge on any atom is -0.334 e. The molecule has 0 atom stereocenters. The second-order valence-electron chi connectivity index (χ2n) is 6.75. The Balaban J connectivity index is 1.51. The maximum atomic E-state index is 12.7. The van der Waals surface area contributed by atoms with Gasteiger partial charge in [0, 0.05) is 25.8 Å².